The maximum Gasteiger partial charge on any atom is 0.227 e. The first-order chi connectivity index (χ1) is 6.39. The fourth-order valence-electron chi connectivity index (χ4n) is 0.914. The van der Waals surface area contributed by atoms with E-state index >= 15 is 0 Å². The van der Waals surface area contributed by atoms with Crippen LogP contribution in [0.5, 0.6) is 0 Å². The molecule has 6 heteroatoms. The molecule has 0 atom stereocenters. The average Bonchev–Trinajstić information content (AvgIpc) is 2.02. The van der Waals surface area contributed by atoms with Gasteiger partial charge in [0.05, 0.1) is 4.90 Å². The third-order valence-corrected chi connectivity index (χ3v) is 2.97. The molecule has 0 aliphatic rings. The Balaban J connectivity index is 2.95. The summed E-state index contributed by atoms with van der Waals surface area (Å²) in [4.78, 5) is 10.8. The first kappa shape index (κ1) is 11.1. The second-order valence-corrected chi connectivity index (χ2v) is 5.54. The van der Waals surface area contributed by atoms with E-state index in [0.29, 0.717) is 5.69 Å². The molecule has 1 amide bonds. The molecule has 0 bridgehead atoms. The Morgan fingerprint density at radius 3 is 2.14 bits per heavy atom. The zero-order valence-corrected chi connectivity index (χ0v) is 9.10. The van der Waals surface area contributed by atoms with Crippen molar-refractivity contribution in [2.45, 2.75) is 11.8 Å². The molecule has 14 heavy (non-hydrogen) atoms. The standard InChI is InChI=1S/C8H9NO3S2/c1-6(10)9-7-2-4-8(5-3-7)14(11,12)13/h2-5H,1H3,(H,9,10)(H,11,12,13). The van der Waals surface area contributed by atoms with E-state index in [2.05, 4.69) is 17.0 Å². The first-order valence-corrected chi connectivity index (χ1v) is 6.28. The molecular formula is C8H9NO3S2. The van der Waals surface area contributed by atoms with Crippen LogP contribution in [0.15, 0.2) is 29.2 Å². The molecule has 0 radical (unpaired) electrons. The van der Waals surface area contributed by atoms with Gasteiger partial charge < -0.3 is 5.32 Å². The molecule has 0 unspecified atom stereocenters. The second kappa shape index (κ2) is 4.02. The Morgan fingerprint density at radius 1 is 1.29 bits per heavy atom. The van der Waals surface area contributed by atoms with Gasteiger partial charge in [0.1, 0.15) is 0 Å². The van der Waals surface area contributed by atoms with Crippen molar-refractivity contribution in [3.63, 3.8) is 0 Å². The monoisotopic (exact) mass is 231 g/mol. The number of carbonyl (C=O) groups excluding carboxylic acids is 1. The van der Waals surface area contributed by atoms with Crippen molar-refractivity contribution in [2.75, 3.05) is 5.32 Å². The van der Waals surface area contributed by atoms with Crippen LogP contribution in [-0.4, -0.2) is 14.3 Å². The van der Waals surface area contributed by atoms with E-state index in [9.17, 15) is 13.2 Å². The van der Waals surface area contributed by atoms with Crippen LogP contribution in [0.2, 0.25) is 0 Å². The highest BCUT2D eigenvalue weighted by Gasteiger charge is 2.07. The van der Waals surface area contributed by atoms with Gasteiger partial charge in [-0.2, -0.15) is 0 Å². The summed E-state index contributed by atoms with van der Waals surface area (Å²) in [6, 6.07) is 5.77. The highest BCUT2D eigenvalue weighted by atomic mass is 33.1. The van der Waals surface area contributed by atoms with Gasteiger partial charge in [0, 0.05) is 12.6 Å². The van der Waals surface area contributed by atoms with Gasteiger partial charge in [0.15, 0.2) is 0 Å². The Labute approximate surface area is 87.1 Å². The van der Waals surface area contributed by atoms with Crippen molar-refractivity contribution in [3.05, 3.63) is 24.3 Å². The van der Waals surface area contributed by atoms with E-state index < -0.39 is 8.87 Å². The van der Waals surface area contributed by atoms with Crippen LogP contribution in [0.3, 0.4) is 0 Å². The first-order valence-electron chi connectivity index (χ1n) is 3.75. The van der Waals surface area contributed by atoms with Crippen molar-refractivity contribution >= 4 is 32.1 Å². The van der Waals surface area contributed by atoms with Crippen molar-refractivity contribution in [3.8, 4) is 0 Å². The van der Waals surface area contributed by atoms with Gasteiger partial charge in [0.25, 0.3) is 0 Å². The molecule has 1 aromatic rings. The van der Waals surface area contributed by atoms with Crippen molar-refractivity contribution < 1.29 is 13.2 Å². The molecule has 0 aliphatic carbocycles. The molecule has 0 saturated carbocycles. The summed E-state index contributed by atoms with van der Waals surface area (Å²) in [5.41, 5.74) is 0.554. The molecule has 1 N–H and O–H groups in total. The van der Waals surface area contributed by atoms with E-state index in [1.165, 1.54) is 31.2 Å². The Hall–Kier alpha value is -1.01. The number of benzene rings is 1. The largest absolute Gasteiger partial charge is 0.326 e. The predicted octanol–water partition coefficient (Wildman–Crippen LogP) is 1.26. The van der Waals surface area contributed by atoms with Gasteiger partial charge in [-0.25, -0.2) is 8.42 Å². The lowest BCUT2D eigenvalue weighted by Gasteiger charge is -2.02. The number of anilines is 1. The number of amides is 1. The van der Waals surface area contributed by atoms with Gasteiger partial charge in [-0.3, -0.25) is 4.79 Å². The van der Waals surface area contributed by atoms with E-state index in [1.54, 1.807) is 0 Å². The smallest absolute Gasteiger partial charge is 0.227 e. The summed E-state index contributed by atoms with van der Waals surface area (Å²) in [5.74, 6) is -0.202. The highest BCUT2D eigenvalue weighted by molar-refractivity contribution is 8.63. The maximum absolute atomic E-state index is 10.9. The molecule has 0 aromatic heterocycles. The SMILES string of the molecule is CC(=O)Nc1ccc(S(=O)(=O)S)cc1. The van der Waals surface area contributed by atoms with Crippen molar-refractivity contribution in [2.24, 2.45) is 0 Å². The van der Waals surface area contributed by atoms with Gasteiger partial charge in [-0.05, 0) is 35.9 Å². The topological polar surface area (TPSA) is 63.2 Å². The molecule has 0 spiro atoms. The molecule has 0 heterocycles. The van der Waals surface area contributed by atoms with Gasteiger partial charge in [-0.1, -0.05) is 0 Å². The minimum atomic E-state index is -3.47. The lowest BCUT2D eigenvalue weighted by atomic mass is 10.3. The molecule has 0 aliphatic heterocycles. The number of thiol groups is 1. The number of rotatable bonds is 2. The van der Waals surface area contributed by atoms with Crippen LogP contribution in [0.25, 0.3) is 0 Å². The molecule has 4 nitrogen and oxygen atoms in total. The maximum atomic E-state index is 10.9. The molecule has 0 saturated heterocycles. The van der Waals surface area contributed by atoms with Crippen LogP contribution in [0.1, 0.15) is 6.92 Å². The lowest BCUT2D eigenvalue weighted by molar-refractivity contribution is -0.114. The summed E-state index contributed by atoms with van der Waals surface area (Å²) in [6.07, 6.45) is 0. The van der Waals surface area contributed by atoms with E-state index in [-0.39, 0.29) is 10.8 Å². The summed E-state index contributed by atoms with van der Waals surface area (Å²) in [7, 11) is -3.47. The predicted molar refractivity (Wildman–Crippen MR) is 56.9 cm³/mol. The third kappa shape index (κ3) is 3.04. The van der Waals surface area contributed by atoms with E-state index in [0.717, 1.165) is 0 Å². The molecule has 0 fully saturated rings. The highest BCUT2D eigenvalue weighted by Crippen LogP contribution is 2.16. The zero-order chi connectivity index (χ0) is 10.8. The van der Waals surface area contributed by atoms with Crippen LogP contribution in [0.4, 0.5) is 5.69 Å². The Morgan fingerprint density at radius 2 is 1.79 bits per heavy atom. The third-order valence-electron chi connectivity index (χ3n) is 1.47. The Kier molecular flexibility index (Phi) is 3.17. The van der Waals surface area contributed by atoms with Gasteiger partial charge >= 0.3 is 0 Å². The minimum absolute atomic E-state index is 0.106. The fourth-order valence-corrected chi connectivity index (χ4v) is 1.76. The van der Waals surface area contributed by atoms with Crippen LogP contribution >= 0.6 is 11.7 Å². The summed E-state index contributed by atoms with van der Waals surface area (Å²) in [5, 5.41) is 2.52. The van der Waals surface area contributed by atoms with Crippen LogP contribution in [-0.2, 0) is 13.7 Å². The Bertz CT molecular complexity index is 436. The summed E-state index contributed by atoms with van der Waals surface area (Å²) in [6.45, 7) is 1.38. The summed E-state index contributed by atoms with van der Waals surface area (Å²) >= 11 is 3.43. The van der Waals surface area contributed by atoms with Gasteiger partial charge in [-0.15, -0.1) is 0 Å². The molecule has 1 rings (SSSR count). The second-order valence-electron chi connectivity index (χ2n) is 2.68. The molecular weight excluding hydrogens is 222 g/mol. The van der Waals surface area contributed by atoms with Crippen molar-refractivity contribution in [1.82, 2.24) is 0 Å². The number of hydrogen-bond acceptors (Lipinski definition) is 3. The lowest BCUT2D eigenvalue weighted by Crippen LogP contribution is -2.05. The number of nitrogens with one attached hydrogen (secondary N) is 1. The normalized spacial score (nSPS) is 11.0. The van der Waals surface area contributed by atoms with E-state index in [1.807, 2.05) is 0 Å². The number of carbonyl (C=O) groups is 1. The van der Waals surface area contributed by atoms with E-state index in [4.69, 9.17) is 0 Å². The quantitative estimate of drug-likeness (QED) is 0.595. The minimum Gasteiger partial charge on any atom is -0.326 e. The summed E-state index contributed by atoms with van der Waals surface area (Å²) < 4.78 is 21.9. The molecule has 76 valence electrons. The average molecular weight is 231 g/mol. The molecule has 1 aromatic carbocycles. The van der Waals surface area contributed by atoms with Crippen LogP contribution < -0.4 is 5.32 Å². The van der Waals surface area contributed by atoms with Gasteiger partial charge in [0.2, 0.25) is 14.8 Å². The van der Waals surface area contributed by atoms with Crippen LogP contribution in [0, 0.1) is 0 Å². The zero-order valence-electron chi connectivity index (χ0n) is 7.39. The fraction of sp³-hybridized carbons (Fsp3) is 0.125. The number of hydrogen-bond donors (Lipinski definition) is 2. The van der Waals surface area contributed by atoms with Crippen molar-refractivity contribution in [1.29, 1.82) is 0 Å².